The van der Waals surface area contributed by atoms with Crippen LogP contribution >= 0.6 is 0 Å². The number of nitrogens with zero attached hydrogens (tertiary/aromatic N) is 1. The molecule has 0 saturated heterocycles. The molecule has 0 fully saturated rings. The van der Waals surface area contributed by atoms with Crippen LogP contribution in [0.2, 0.25) is 0 Å². The summed E-state index contributed by atoms with van der Waals surface area (Å²) in [7, 11) is 2.10. The van der Waals surface area contributed by atoms with Gasteiger partial charge in [-0.1, -0.05) is 50.2 Å². The minimum absolute atomic E-state index is 0.678. The largest absolute Gasteiger partial charge is 0.212 e. The summed E-state index contributed by atoms with van der Waals surface area (Å²) in [5, 5.41) is 0. The summed E-state index contributed by atoms with van der Waals surface area (Å²) < 4.78 is 2.18. The summed E-state index contributed by atoms with van der Waals surface area (Å²) in [5.41, 5.74) is 7.84. The quantitative estimate of drug-likeness (QED) is 0.571. The minimum Gasteiger partial charge on any atom is -0.201 e. The maximum absolute atomic E-state index is 2.33. The predicted molar refractivity (Wildman–Crippen MR) is 102 cm³/mol. The van der Waals surface area contributed by atoms with E-state index in [0.29, 0.717) is 5.92 Å². The molecule has 0 N–H and O–H groups in total. The molecule has 122 valence electrons. The number of rotatable bonds is 4. The van der Waals surface area contributed by atoms with Gasteiger partial charge < -0.3 is 0 Å². The minimum atomic E-state index is 0.678. The lowest BCUT2D eigenvalue weighted by molar-refractivity contribution is -0.660. The molecule has 0 bridgehead atoms. The molecule has 0 amide bonds. The Morgan fingerprint density at radius 1 is 0.875 bits per heavy atom. The first-order valence-electron chi connectivity index (χ1n) is 8.69. The van der Waals surface area contributed by atoms with Gasteiger partial charge in [-0.2, -0.15) is 0 Å². The number of pyridine rings is 1. The van der Waals surface area contributed by atoms with E-state index < -0.39 is 0 Å². The molecule has 0 aliphatic heterocycles. The SMILES string of the molecule is Cc1ccc(-c2cccc(CC(C)C)c2)cc1-c1cccc[n+]1C. The molecule has 2 aromatic carbocycles. The van der Waals surface area contributed by atoms with Crippen LogP contribution in [0, 0.1) is 12.8 Å². The van der Waals surface area contributed by atoms with Crippen molar-refractivity contribution in [3.8, 4) is 22.4 Å². The molecule has 0 saturated carbocycles. The van der Waals surface area contributed by atoms with Gasteiger partial charge in [0.1, 0.15) is 7.05 Å². The average Bonchev–Trinajstić information content (AvgIpc) is 2.56. The number of hydrogen-bond acceptors (Lipinski definition) is 0. The van der Waals surface area contributed by atoms with Gasteiger partial charge in [-0.3, -0.25) is 0 Å². The molecule has 0 unspecified atom stereocenters. The molecular formula is C23H26N+. The fourth-order valence-corrected chi connectivity index (χ4v) is 3.23. The third-order valence-corrected chi connectivity index (χ3v) is 4.47. The van der Waals surface area contributed by atoms with Crippen LogP contribution in [0.4, 0.5) is 0 Å². The number of aromatic nitrogens is 1. The Morgan fingerprint density at radius 3 is 2.42 bits per heavy atom. The second kappa shape index (κ2) is 7.00. The highest BCUT2D eigenvalue weighted by molar-refractivity contribution is 5.73. The molecule has 0 radical (unpaired) electrons. The van der Waals surface area contributed by atoms with Crippen molar-refractivity contribution < 1.29 is 4.57 Å². The van der Waals surface area contributed by atoms with Gasteiger partial charge in [-0.25, -0.2) is 4.57 Å². The Hall–Kier alpha value is -2.41. The first-order valence-corrected chi connectivity index (χ1v) is 8.69. The van der Waals surface area contributed by atoms with Crippen LogP contribution in [0.5, 0.6) is 0 Å². The summed E-state index contributed by atoms with van der Waals surface area (Å²) in [6.45, 7) is 6.72. The fourth-order valence-electron chi connectivity index (χ4n) is 3.23. The van der Waals surface area contributed by atoms with E-state index in [1.54, 1.807) is 0 Å². The third kappa shape index (κ3) is 3.56. The molecule has 1 heterocycles. The molecule has 0 atom stereocenters. The predicted octanol–water partition coefficient (Wildman–Crippen LogP) is 5.35. The van der Waals surface area contributed by atoms with Crippen molar-refractivity contribution in [1.82, 2.24) is 0 Å². The van der Waals surface area contributed by atoms with E-state index in [-0.39, 0.29) is 0 Å². The smallest absolute Gasteiger partial charge is 0.201 e. The van der Waals surface area contributed by atoms with Gasteiger partial charge >= 0.3 is 0 Å². The van der Waals surface area contributed by atoms with Gasteiger partial charge in [0.15, 0.2) is 6.20 Å². The zero-order chi connectivity index (χ0) is 17.1. The topological polar surface area (TPSA) is 3.88 Å². The van der Waals surface area contributed by atoms with Crippen molar-refractivity contribution in [3.63, 3.8) is 0 Å². The Bertz CT molecular complexity index is 846. The second-order valence-corrected chi connectivity index (χ2v) is 7.02. The van der Waals surface area contributed by atoms with Crippen LogP contribution < -0.4 is 4.57 Å². The van der Waals surface area contributed by atoms with E-state index in [2.05, 4.69) is 99.2 Å². The van der Waals surface area contributed by atoms with Crippen LogP contribution in [-0.4, -0.2) is 0 Å². The number of hydrogen-bond donors (Lipinski definition) is 0. The molecule has 3 rings (SSSR count). The molecular weight excluding hydrogens is 290 g/mol. The van der Waals surface area contributed by atoms with Crippen molar-refractivity contribution in [2.75, 3.05) is 0 Å². The summed E-state index contributed by atoms with van der Waals surface area (Å²) in [6.07, 6.45) is 3.23. The van der Waals surface area contributed by atoms with E-state index in [1.807, 2.05) is 0 Å². The molecule has 0 spiro atoms. The third-order valence-electron chi connectivity index (χ3n) is 4.47. The van der Waals surface area contributed by atoms with E-state index in [1.165, 1.54) is 33.5 Å². The van der Waals surface area contributed by atoms with Gasteiger partial charge in [0.05, 0.1) is 0 Å². The van der Waals surface area contributed by atoms with Gasteiger partial charge in [0.25, 0.3) is 0 Å². The van der Waals surface area contributed by atoms with E-state index in [0.717, 1.165) is 6.42 Å². The second-order valence-electron chi connectivity index (χ2n) is 7.02. The Morgan fingerprint density at radius 2 is 1.67 bits per heavy atom. The van der Waals surface area contributed by atoms with Gasteiger partial charge in [-0.15, -0.1) is 0 Å². The number of benzene rings is 2. The molecule has 1 aromatic heterocycles. The monoisotopic (exact) mass is 316 g/mol. The fraction of sp³-hybridized carbons (Fsp3) is 0.261. The number of aryl methyl sites for hydroxylation is 2. The highest BCUT2D eigenvalue weighted by atomic mass is 14.9. The highest BCUT2D eigenvalue weighted by Crippen LogP contribution is 2.28. The zero-order valence-corrected chi connectivity index (χ0v) is 15.1. The normalized spacial score (nSPS) is 11.0. The Balaban J connectivity index is 2.05. The van der Waals surface area contributed by atoms with Crippen molar-refractivity contribution in [1.29, 1.82) is 0 Å². The first-order chi connectivity index (χ1) is 11.5. The van der Waals surface area contributed by atoms with Crippen molar-refractivity contribution >= 4 is 0 Å². The summed E-state index contributed by atoms with van der Waals surface area (Å²) in [4.78, 5) is 0. The Labute approximate surface area is 145 Å². The van der Waals surface area contributed by atoms with Crippen molar-refractivity contribution in [2.24, 2.45) is 13.0 Å². The summed E-state index contributed by atoms with van der Waals surface area (Å²) in [5.74, 6) is 0.678. The van der Waals surface area contributed by atoms with Crippen molar-refractivity contribution in [2.45, 2.75) is 27.2 Å². The van der Waals surface area contributed by atoms with Gasteiger partial charge in [0.2, 0.25) is 5.69 Å². The van der Waals surface area contributed by atoms with Crippen LogP contribution in [0.1, 0.15) is 25.0 Å². The molecule has 3 aromatic rings. The van der Waals surface area contributed by atoms with Gasteiger partial charge in [-0.05, 0) is 53.6 Å². The lowest BCUT2D eigenvalue weighted by atomic mass is 9.95. The maximum atomic E-state index is 2.33. The van der Waals surface area contributed by atoms with E-state index in [4.69, 9.17) is 0 Å². The van der Waals surface area contributed by atoms with Crippen LogP contribution in [0.15, 0.2) is 66.9 Å². The molecule has 0 aliphatic carbocycles. The zero-order valence-electron chi connectivity index (χ0n) is 15.1. The maximum Gasteiger partial charge on any atom is 0.212 e. The standard InChI is InChI=1S/C23H26N/c1-17(2)14-19-8-7-9-20(15-19)21-12-11-18(3)22(16-21)23-10-5-6-13-24(23)4/h5-13,15-17H,14H2,1-4H3/q+1. The molecule has 0 aliphatic rings. The lowest BCUT2D eigenvalue weighted by Crippen LogP contribution is -2.30. The Kier molecular flexibility index (Phi) is 4.80. The van der Waals surface area contributed by atoms with Crippen LogP contribution in [0.3, 0.4) is 0 Å². The van der Waals surface area contributed by atoms with E-state index in [9.17, 15) is 0 Å². The lowest BCUT2D eigenvalue weighted by Gasteiger charge is -2.10. The highest BCUT2D eigenvalue weighted by Gasteiger charge is 2.12. The average molecular weight is 316 g/mol. The van der Waals surface area contributed by atoms with Crippen LogP contribution in [-0.2, 0) is 13.5 Å². The summed E-state index contributed by atoms with van der Waals surface area (Å²) >= 11 is 0. The van der Waals surface area contributed by atoms with Gasteiger partial charge in [0, 0.05) is 17.7 Å². The molecule has 1 nitrogen and oxygen atoms in total. The van der Waals surface area contributed by atoms with Crippen LogP contribution in [0.25, 0.3) is 22.4 Å². The molecule has 24 heavy (non-hydrogen) atoms. The molecule has 1 heteroatoms. The first kappa shape index (κ1) is 16.4. The van der Waals surface area contributed by atoms with Crippen molar-refractivity contribution in [3.05, 3.63) is 78.0 Å². The summed E-state index contributed by atoms with van der Waals surface area (Å²) in [6, 6.07) is 22.1. The van der Waals surface area contributed by atoms with E-state index >= 15 is 0 Å².